The Hall–Kier alpha value is -1.10. The van der Waals surface area contributed by atoms with Crippen molar-refractivity contribution in [2.24, 2.45) is 5.92 Å². The van der Waals surface area contributed by atoms with Crippen molar-refractivity contribution in [1.82, 2.24) is 9.97 Å². The largest absolute Gasteiger partial charge is 0.481 e. The number of carbonyl (C=O) groups is 1. The molecule has 5 heteroatoms. The molecule has 2 unspecified atom stereocenters. The second-order valence-corrected chi connectivity index (χ2v) is 4.77. The monoisotopic (exact) mass is 224 g/mol. The lowest BCUT2D eigenvalue weighted by Crippen LogP contribution is -2.20. The number of hydrogen-bond donors (Lipinski definition) is 1. The average Bonchev–Trinajstić information content (AvgIpc) is 2.67. The first kappa shape index (κ1) is 10.4. The van der Waals surface area contributed by atoms with Gasteiger partial charge in [-0.1, -0.05) is 18.2 Å². The first-order valence-electron chi connectivity index (χ1n) is 4.94. The van der Waals surface area contributed by atoms with Crippen LogP contribution in [0, 0.1) is 5.92 Å². The van der Waals surface area contributed by atoms with Crippen molar-refractivity contribution in [2.45, 2.75) is 29.7 Å². The normalized spacial score (nSPS) is 25.3. The maximum atomic E-state index is 10.9. The van der Waals surface area contributed by atoms with Crippen molar-refractivity contribution in [2.75, 3.05) is 0 Å². The van der Waals surface area contributed by atoms with Crippen LogP contribution >= 0.6 is 11.8 Å². The third-order valence-corrected chi connectivity index (χ3v) is 3.86. The second-order valence-electron chi connectivity index (χ2n) is 3.56. The van der Waals surface area contributed by atoms with E-state index in [2.05, 4.69) is 9.97 Å². The molecule has 1 aromatic heterocycles. The summed E-state index contributed by atoms with van der Waals surface area (Å²) in [6, 6.07) is 1.76. The van der Waals surface area contributed by atoms with Crippen LogP contribution in [0.1, 0.15) is 19.3 Å². The fraction of sp³-hybridized carbons (Fsp3) is 0.500. The summed E-state index contributed by atoms with van der Waals surface area (Å²) in [5.74, 6) is -0.931. The number of thioether (sulfide) groups is 1. The third kappa shape index (κ3) is 2.47. The summed E-state index contributed by atoms with van der Waals surface area (Å²) in [6.07, 6.45) is 6.07. The molecule has 0 saturated heterocycles. The maximum absolute atomic E-state index is 10.9. The lowest BCUT2D eigenvalue weighted by molar-refractivity contribution is -0.141. The van der Waals surface area contributed by atoms with Gasteiger partial charge in [0.25, 0.3) is 0 Å². The van der Waals surface area contributed by atoms with E-state index in [0.717, 1.165) is 19.3 Å². The van der Waals surface area contributed by atoms with Crippen LogP contribution in [0.4, 0.5) is 0 Å². The summed E-state index contributed by atoms with van der Waals surface area (Å²) in [5.41, 5.74) is 0. The SMILES string of the molecule is O=C(O)C1CCCC1Sc1ncccn1. The van der Waals surface area contributed by atoms with Gasteiger partial charge in [0, 0.05) is 17.6 Å². The number of aromatic nitrogens is 2. The number of nitrogens with zero attached hydrogens (tertiary/aromatic N) is 2. The molecule has 0 amide bonds. The van der Waals surface area contributed by atoms with Crippen molar-refractivity contribution in [1.29, 1.82) is 0 Å². The number of aliphatic carboxylic acids is 1. The van der Waals surface area contributed by atoms with Crippen molar-refractivity contribution in [3.63, 3.8) is 0 Å². The highest BCUT2D eigenvalue weighted by Crippen LogP contribution is 2.37. The molecule has 1 fully saturated rings. The molecule has 1 aliphatic rings. The van der Waals surface area contributed by atoms with E-state index in [4.69, 9.17) is 5.11 Å². The van der Waals surface area contributed by atoms with Gasteiger partial charge in [-0.2, -0.15) is 0 Å². The van der Waals surface area contributed by atoms with Gasteiger partial charge in [-0.25, -0.2) is 9.97 Å². The molecule has 1 heterocycles. The Bertz CT molecular complexity index is 345. The topological polar surface area (TPSA) is 63.1 Å². The first-order valence-corrected chi connectivity index (χ1v) is 5.82. The van der Waals surface area contributed by atoms with Gasteiger partial charge in [-0.15, -0.1) is 0 Å². The van der Waals surface area contributed by atoms with Crippen molar-refractivity contribution in [3.8, 4) is 0 Å². The van der Waals surface area contributed by atoms with Crippen molar-refractivity contribution < 1.29 is 9.90 Å². The van der Waals surface area contributed by atoms with E-state index in [9.17, 15) is 4.79 Å². The van der Waals surface area contributed by atoms with Gasteiger partial charge in [0.05, 0.1) is 5.92 Å². The fourth-order valence-corrected chi connectivity index (χ4v) is 3.05. The fourth-order valence-electron chi connectivity index (χ4n) is 1.83. The van der Waals surface area contributed by atoms with Gasteiger partial charge in [-0.05, 0) is 18.9 Å². The molecule has 0 bridgehead atoms. The Morgan fingerprint density at radius 3 is 2.80 bits per heavy atom. The molecular weight excluding hydrogens is 212 g/mol. The lowest BCUT2D eigenvalue weighted by Gasteiger charge is -2.13. The molecule has 15 heavy (non-hydrogen) atoms. The van der Waals surface area contributed by atoms with Crippen molar-refractivity contribution in [3.05, 3.63) is 18.5 Å². The van der Waals surface area contributed by atoms with Crippen LogP contribution in [0.2, 0.25) is 0 Å². The second kappa shape index (κ2) is 4.61. The summed E-state index contributed by atoms with van der Waals surface area (Å²) in [7, 11) is 0. The summed E-state index contributed by atoms with van der Waals surface area (Å²) in [4.78, 5) is 19.1. The van der Waals surface area contributed by atoms with Crippen LogP contribution < -0.4 is 0 Å². The molecule has 4 nitrogen and oxygen atoms in total. The van der Waals surface area contributed by atoms with E-state index in [1.807, 2.05) is 0 Å². The molecule has 0 aliphatic heterocycles. The highest BCUT2D eigenvalue weighted by Gasteiger charge is 2.34. The molecule has 0 radical (unpaired) electrons. The number of hydrogen-bond acceptors (Lipinski definition) is 4. The van der Waals surface area contributed by atoms with Gasteiger partial charge in [-0.3, -0.25) is 4.79 Å². The van der Waals surface area contributed by atoms with Crippen LogP contribution in [0.15, 0.2) is 23.6 Å². The maximum Gasteiger partial charge on any atom is 0.307 e. The lowest BCUT2D eigenvalue weighted by atomic mass is 10.1. The standard InChI is InChI=1S/C10H12N2O2S/c13-9(14)7-3-1-4-8(7)15-10-11-5-2-6-12-10/h2,5-8H,1,3-4H2,(H,13,14). The Morgan fingerprint density at radius 2 is 2.13 bits per heavy atom. The van der Waals surface area contributed by atoms with Crippen LogP contribution in [0.3, 0.4) is 0 Å². The Kier molecular flexibility index (Phi) is 3.20. The zero-order chi connectivity index (χ0) is 10.7. The first-order chi connectivity index (χ1) is 7.27. The Labute approximate surface area is 92.1 Å². The zero-order valence-electron chi connectivity index (χ0n) is 8.17. The molecule has 80 valence electrons. The predicted molar refractivity (Wildman–Crippen MR) is 56.7 cm³/mol. The summed E-state index contributed by atoms with van der Waals surface area (Å²) in [5, 5.41) is 9.81. The van der Waals surface area contributed by atoms with Crippen LogP contribution in [-0.4, -0.2) is 26.3 Å². The highest BCUT2D eigenvalue weighted by atomic mass is 32.2. The molecule has 1 aromatic rings. The van der Waals surface area contributed by atoms with E-state index in [1.165, 1.54) is 11.8 Å². The Morgan fingerprint density at radius 1 is 1.40 bits per heavy atom. The molecular formula is C10H12N2O2S. The van der Waals surface area contributed by atoms with Crippen LogP contribution in [0.25, 0.3) is 0 Å². The molecule has 0 spiro atoms. The predicted octanol–water partition coefficient (Wildman–Crippen LogP) is 1.82. The number of carboxylic acids is 1. The summed E-state index contributed by atoms with van der Waals surface area (Å²) >= 11 is 1.48. The minimum atomic E-state index is -0.694. The zero-order valence-corrected chi connectivity index (χ0v) is 8.98. The van der Waals surface area contributed by atoms with Crippen molar-refractivity contribution >= 4 is 17.7 Å². The minimum Gasteiger partial charge on any atom is -0.481 e. The molecule has 2 rings (SSSR count). The molecule has 1 saturated carbocycles. The van der Waals surface area contributed by atoms with Crippen LogP contribution in [0.5, 0.6) is 0 Å². The Balaban J connectivity index is 2.03. The van der Waals surface area contributed by atoms with Crippen LogP contribution in [-0.2, 0) is 4.79 Å². The van der Waals surface area contributed by atoms with E-state index in [-0.39, 0.29) is 11.2 Å². The van der Waals surface area contributed by atoms with Gasteiger partial charge in [0.1, 0.15) is 0 Å². The summed E-state index contributed by atoms with van der Waals surface area (Å²) in [6.45, 7) is 0. The molecule has 0 aromatic carbocycles. The molecule has 1 N–H and O–H groups in total. The highest BCUT2D eigenvalue weighted by molar-refractivity contribution is 7.99. The molecule has 2 atom stereocenters. The quantitative estimate of drug-likeness (QED) is 0.793. The minimum absolute atomic E-state index is 0.130. The molecule has 1 aliphatic carbocycles. The van der Waals surface area contributed by atoms with E-state index >= 15 is 0 Å². The van der Waals surface area contributed by atoms with Gasteiger partial charge < -0.3 is 5.11 Å². The number of carboxylic acid groups (broad SMARTS) is 1. The number of rotatable bonds is 3. The average molecular weight is 224 g/mol. The summed E-state index contributed by atoms with van der Waals surface area (Å²) < 4.78 is 0. The van der Waals surface area contributed by atoms with E-state index in [0.29, 0.717) is 5.16 Å². The van der Waals surface area contributed by atoms with Gasteiger partial charge >= 0.3 is 5.97 Å². The smallest absolute Gasteiger partial charge is 0.307 e. The third-order valence-electron chi connectivity index (χ3n) is 2.57. The van der Waals surface area contributed by atoms with E-state index < -0.39 is 5.97 Å². The van der Waals surface area contributed by atoms with Gasteiger partial charge in [0.2, 0.25) is 0 Å². The van der Waals surface area contributed by atoms with E-state index in [1.54, 1.807) is 18.5 Å². The van der Waals surface area contributed by atoms with Gasteiger partial charge in [0.15, 0.2) is 5.16 Å².